The molecule has 0 aliphatic carbocycles. The van der Waals surface area contributed by atoms with Crippen LogP contribution in [0.5, 0.6) is 0 Å². The van der Waals surface area contributed by atoms with E-state index in [2.05, 4.69) is 17.4 Å². The summed E-state index contributed by atoms with van der Waals surface area (Å²) in [6.45, 7) is 5.17. The molecule has 4 rings (SSSR count). The molecule has 0 spiro atoms. The van der Waals surface area contributed by atoms with Gasteiger partial charge in [-0.3, -0.25) is 4.79 Å². The van der Waals surface area contributed by atoms with E-state index in [0.29, 0.717) is 39.1 Å². The number of nitrogens with one attached hydrogen (secondary N) is 1. The number of allylic oxidation sites excluding steroid dienone is 1. The largest absolute Gasteiger partial charge is 0.390 e. The van der Waals surface area contributed by atoms with E-state index >= 15 is 0 Å². The van der Waals surface area contributed by atoms with E-state index in [9.17, 15) is 9.90 Å². The Morgan fingerprint density at radius 3 is 2.72 bits per heavy atom. The first-order chi connectivity index (χ1) is 15.4. The fourth-order valence-electron chi connectivity index (χ4n) is 4.84. The number of ether oxygens (including phenoxy) is 4. The van der Waals surface area contributed by atoms with Crippen LogP contribution in [0.4, 0.5) is 0 Å². The molecule has 0 radical (unpaired) electrons. The molecule has 0 bridgehead atoms. The summed E-state index contributed by atoms with van der Waals surface area (Å²) in [5.41, 5.74) is 1.15. The van der Waals surface area contributed by atoms with Crippen molar-refractivity contribution < 1.29 is 28.8 Å². The number of carbonyl (C=O) groups is 1. The van der Waals surface area contributed by atoms with Crippen molar-refractivity contribution in [2.45, 2.75) is 75.8 Å². The fraction of sp³-hybridized carbons (Fsp3) is 0.640. The van der Waals surface area contributed by atoms with Crippen LogP contribution in [0.1, 0.15) is 38.7 Å². The van der Waals surface area contributed by atoms with E-state index in [-0.39, 0.29) is 42.6 Å². The SMILES string of the molecule is CC1(C)OC[C@H](C[C@@H]2O[C@@H]3CC(=O)N[C@@H](Cc4ccccc4)COC/C=C/C[C@@H]3[C@H]2O)O1. The highest BCUT2D eigenvalue weighted by molar-refractivity contribution is 5.77. The minimum atomic E-state index is -0.659. The maximum Gasteiger partial charge on any atom is 0.222 e. The first kappa shape index (κ1) is 23.4. The molecule has 0 unspecified atom stereocenters. The number of fused-ring (bicyclic) bond motifs is 1. The quantitative estimate of drug-likeness (QED) is 0.692. The molecule has 2 saturated heterocycles. The average Bonchev–Trinajstić information content (AvgIpc) is 3.23. The third-order valence-corrected chi connectivity index (χ3v) is 6.39. The van der Waals surface area contributed by atoms with Gasteiger partial charge in [-0.1, -0.05) is 42.5 Å². The van der Waals surface area contributed by atoms with Crippen LogP contribution in [0.3, 0.4) is 0 Å². The third kappa shape index (κ3) is 6.17. The minimum Gasteiger partial charge on any atom is -0.390 e. The van der Waals surface area contributed by atoms with Gasteiger partial charge < -0.3 is 29.4 Å². The second kappa shape index (κ2) is 10.4. The summed E-state index contributed by atoms with van der Waals surface area (Å²) >= 11 is 0. The predicted molar refractivity (Wildman–Crippen MR) is 119 cm³/mol. The molecule has 1 aromatic rings. The number of hydrogen-bond donors (Lipinski definition) is 2. The molecule has 2 fully saturated rings. The summed E-state index contributed by atoms with van der Waals surface area (Å²) in [7, 11) is 0. The van der Waals surface area contributed by atoms with Crippen molar-refractivity contribution in [1.82, 2.24) is 5.32 Å². The molecule has 7 nitrogen and oxygen atoms in total. The molecular formula is C25H35NO6. The number of rotatable bonds is 4. The standard InChI is InChI=1S/C25H35NO6/c1-25(2)30-16-19(32-25)13-22-24(28)20-10-6-7-11-29-15-18(12-17-8-4-3-5-9-17)26-23(27)14-21(20)31-22/h3-9,18-22,24,28H,10-16H2,1-2H3,(H,26,27)/b7-6+/t18-,19-,20-,21+,22-,24+/m0/s1. The number of aliphatic hydroxyl groups excluding tert-OH is 1. The fourth-order valence-corrected chi connectivity index (χ4v) is 4.84. The Bertz CT molecular complexity index is 782. The van der Waals surface area contributed by atoms with E-state index in [1.165, 1.54) is 0 Å². The molecule has 6 atom stereocenters. The lowest BCUT2D eigenvalue weighted by atomic mass is 9.89. The van der Waals surface area contributed by atoms with Gasteiger partial charge in [-0.15, -0.1) is 0 Å². The van der Waals surface area contributed by atoms with Crippen molar-refractivity contribution in [2.24, 2.45) is 5.92 Å². The smallest absolute Gasteiger partial charge is 0.222 e. The van der Waals surface area contributed by atoms with Crippen LogP contribution in [-0.4, -0.2) is 67.1 Å². The van der Waals surface area contributed by atoms with E-state index < -0.39 is 11.9 Å². The monoisotopic (exact) mass is 445 g/mol. The Hall–Kier alpha value is -1.77. The zero-order valence-electron chi connectivity index (χ0n) is 18.9. The zero-order chi connectivity index (χ0) is 22.6. The number of benzene rings is 1. The van der Waals surface area contributed by atoms with Crippen molar-refractivity contribution in [3.05, 3.63) is 48.0 Å². The number of amides is 1. The lowest BCUT2D eigenvalue weighted by Gasteiger charge is -2.23. The Kier molecular flexibility index (Phi) is 7.63. The lowest BCUT2D eigenvalue weighted by molar-refractivity contribution is -0.144. The first-order valence-corrected chi connectivity index (χ1v) is 11.6. The Labute approximate surface area is 190 Å². The summed E-state index contributed by atoms with van der Waals surface area (Å²) in [6.07, 6.45) is 4.60. The third-order valence-electron chi connectivity index (χ3n) is 6.39. The van der Waals surface area contributed by atoms with Gasteiger partial charge in [-0.25, -0.2) is 0 Å². The maximum atomic E-state index is 12.9. The minimum absolute atomic E-state index is 0.0801. The van der Waals surface area contributed by atoms with Gasteiger partial charge in [0.2, 0.25) is 5.91 Å². The lowest BCUT2D eigenvalue weighted by Crippen LogP contribution is -2.42. The molecule has 1 amide bonds. The van der Waals surface area contributed by atoms with Gasteiger partial charge in [0.15, 0.2) is 5.79 Å². The summed E-state index contributed by atoms with van der Waals surface area (Å²) in [5.74, 6) is -0.841. The molecule has 1 aromatic carbocycles. The van der Waals surface area contributed by atoms with Crippen molar-refractivity contribution in [3.63, 3.8) is 0 Å². The van der Waals surface area contributed by atoms with Crippen LogP contribution in [-0.2, 0) is 30.2 Å². The normalized spacial score (nSPS) is 36.5. The molecule has 32 heavy (non-hydrogen) atoms. The van der Waals surface area contributed by atoms with E-state index in [1.807, 2.05) is 44.2 Å². The highest BCUT2D eigenvalue weighted by Gasteiger charge is 2.46. The van der Waals surface area contributed by atoms with Crippen molar-refractivity contribution in [2.75, 3.05) is 19.8 Å². The molecule has 0 saturated carbocycles. The number of carbonyl (C=O) groups excluding carboxylic acids is 1. The number of aliphatic hydroxyl groups is 1. The van der Waals surface area contributed by atoms with Crippen LogP contribution in [0, 0.1) is 5.92 Å². The van der Waals surface area contributed by atoms with E-state index in [1.54, 1.807) is 0 Å². The average molecular weight is 446 g/mol. The zero-order valence-corrected chi connectivity index (χ0v) is 18.9. The van der Waals surface area contributed by atoms with Crippen LogP contribution in [0.2, 0.25) is 0 Å². The van der Waals surface area contributed by atoms with Gasteiger partial charge in [-0.05, 0) is 32.3 Å². The van der Waals surface area contributed by atoms with Gasteiger partial charge in [0, 0.05) is 12.3 Å². The van der Waals surface area contributed by atoms with Gasteiger partial charge in [-0.2, -0.15) is 0 Å². The summed E-state index contributed by atoms with van der Waals surface area (Å²) < 4.78 is 23.6. The van der Waals surface area contributed by atoms with Gasteiger partial charge in [0.05, 0.1) is 56.7 Å². The summed E-state index contributed by atoms with van der Waals surface area (Å²) in [5, 5.41) is 14.1. The molecule has 176 valence electrons. The van der Waals surface area contributed by atoms with Crippen LogP contribution in [0.25, 0.3) is 0 Å². The molecule has 2 N–H and O–H groups in total. The van der Waals surface area contributed by atoms with Crippen molar-refractivity contribution in [3.8, 4) is 0 Å². The molecular weight excluding hydrogens is 410 g/mol. The van der Waals surface area contributed by atoms with E-state index in [4.69, 9.17) is 18.9 Å². The second-order valence-corrected chi connectivity index (χ2v) is 9.46. The Balaban J connectivity index is 1.41. The molecule has 3 aliphatic rings. The molecule has 0 aromatic heterocycles. The topological polar surface area (TPSA) is 86.3 Å². The highest BCUT2D eigenvalue weighted by atomic mass is 16.7. The second-order valence-electron chi connectivity index (χ2n) is 9.46. The van der Waals surface area contributed by atoms with Gasteiger partial charge in [0.25, 0.3) is 0 Å². The van der Waals surface area contributed by atoms with Crippen LogP contribution < -0.4 is 5.32 Å². The summed E-state index contributed by atoms with van der Waals surface area (Å²) in [4.78, 5) is 12.9. The maximum absolute atomic E-state index is 12.9. The predicted octanol–water partition coefficient (Wildman–Crippen LogP) is 2.37. The Morgan fingerprint density at radius 1 is 1.16 bits per heavy atom. The van der Waals surface area contributed by atoms with Crippen molar-refractivity contribution in [1.29, 1.82) is 0 Å². The van der Waals surface area contributed by atoms with Crippen molar-refractivity contribution >= 4 is 5.91 Å². The van der Waals surface area contributed by atoms with Crippen LogP contribution in [0.15, 0.2) is 42.5 Å². The van der Waals surface area contributed by atoms with Gasteiger partial charge >= 0.3 is 0 Å². The molecule has 3 aliphatic heterocycles. The molecule has 7 heteroatoms. The van der Waals surface area contributed by atoms with Gasteiger partial charge in [0.1, 0.15) is 0 Å². The summed E-state index contributed by atoms with van der Waals surface area (Å²) in [6, 6.07) is 9.95. The highest BCUT2D eigenvalue weighted by Crippen LogP contribution is 2.36. The Morgan fingerprint density at radius 2 is 1.97 bits per heavy atom. The van der Waals surface area contributed by atoms with Crippen LogP contribution >= 0.6 is 0 Å². The van der Waals surface area contributed by atoms with E-state index in [0.717, 1.165) is 5.56 Å². The first-order valence-electron chi connectivity index (χ1n) is 11.6. The number of hydrogen-bond acceptors (Lipinski definition) is 6. The molecule has 3 heterocycles.